The third kappa shape index (κ3) is 4.28. The Morgan fingerprint density at radius 2 is 1.59 bits per heavy atom. The molecule has 0 bridgehead atoms. The lowest BCUT2D eigenvalue weighted by molar-refractivity contribution is 0.0706. The van der Waals surface area contributed by atoms with Crippen LogP contribution in [0, 0.1) is 0 Å². The first kappa shape index (κ1) is 21.7. The molecule has 1 heterocycles. The van der Waals surface area contributed by atoms with Crippen LogP contribution >= 0.6 is 15.9 Å². The van der Waals surface area contributed by atoms with Gasteiger partial charge >= 0.3 is 5.69 Å². The van der Waals surface area contributed by atoms with Crippen LogP contribution in [0.3, 0.4) is 0 Å². The van der Waals surface area contributed by atoms with Gasteiger partial charge in [-0.25, -0.2) is 10.3 Å². The third-order valence-corrected chi connectivity index (χ3v) is 6.13. The number of benzene rings is 3. The Hall–Kier alpha value is -3.49. The van der Waals surface area contributed by atoms with E-state index < -0.39 is 11.6 Å². The summed E-state index contributed by atoms with van der Waals surface area (Å²) < 4.78 is 3.77. The quantitative estimate of drug-likeness (QED) is 0.318. The summed E-state index contributed by atoms with van der Waals surface area (Å²) in [6.07, 6.45) is 0.528. The van der Waals surface area contributed by atoms with Gasteiger partial charge in [0.1, 0.15) is 0 Å². The SMILES string of the molecule is O=C(NO)c1ccc(Cn2c(=O)n(CCc3ccccc3Br)c(=O)c3ccccc32)cc1. The Kier molecular flexibility index (Phi) is 6.34. The minimum atomic E-state index is -0.611. The lowest BCUT2D eigenvalue weighted by Gasteiger charge is -2.15. The number of amides is 1. The number of fused-ring (bicyclic) bond motifs is 1. The van der Waals surface area contributed by atoms with Gasteiger partial charge in [-0.15, -0.1) is 0 Å². The van der Waals surface area contributed by atoms with Gasteiger partial charge in [-0.1, -0.05) is 58.4 Å². The summed E-state index contributed by atoms with van der Waals surface area (Å²) >= 11 is 3.51. The number of aromatic nitrogens is 2. The van der Waals surface area contributed by atoms with Crippen molar-refractivity contribution in [3.63, 3.8) is 0 Å². The van der Waals surface area contributed by atoms with Crippen LogP contribution in [-0.2, 0) is 19.5 Å². The van der Waals surface area contributed by atoms with E-state index in [2.05, 4.69) is 15.9 Å². The molecular weight excluding hydrogens is 474 g/mol. The first-order chi connectivity index (χ1) is 15.5. The fourth-order valence-electron chi connectivity index (χ4n) is 3.66. The van der Waals surface area contributed by atoms with Crippen LogP contribution in [0.5, 0.6) is 0 Å². The second-order valence-electron chi connectivity index (χ2n) is 7.32. The van der Waals surface area contributed by atoms with Crippen LogP contribution in [-0.4, -0.2) is 20.2 Å². The maximum absolute atomic E-state index is 13.4. The first-order valence-electron chi connectivity index (χ1n) is 9.99. The first-order valence-corrected chi connectivity index (χ1v) is 10.8. The molecule has 0 aliphatic carbocycles. The van der Waals surface area contributed by atoms with Gasteiger partial charge in [-0.2, -0.15) is 0 Å². The lowest BCUT2D eigenvalue weighted by Crippen LogP contribution is -2.40. The van der Waals surface area contributed by atoms with Crippen molar-refractivity contribution in [3.05, 3.63) is 115 Å². The van der Waals surface area contributed by atoms with Gasteiger partial charge in [0.25, 0.3) is 11.5 Å². The van der Waals surface area contributed by atoms with Gasteiger partial charge in [0, 0.05) is 16.6 Å². The van der Waals surface area contributed by atoms with Crippen LogP contribution in [0.1, 0.15) is 21.5 Å². The second-order valence-corrected chi connectivity index (χ2v) is 8.18. The van der Waals surface area contributed by atoms with E-state index in [4.69, 9.17) is 5.21 Å². The van der Waals surface area contributed by atoms with Crippen LogP contribution < -0.4 is 16.7 Å². The molecule has 0 radical (unpaired) electrons. The average Bonchev–Trinajstić information content (AvgIpc) is 2.82. The standard InChI is InChI=1S/C24H20BrN3O4/c25-20-7-3-1-5-17(20)13-14-27-23(30)19-6-2-4-8-21(19)28(24(27)31)15-16-9-11-18(12-10-16)22(29)26-32/h1-12,32H,13-15H2,(H,26,29). The van der Waals surface area contributed by atoms with E-state index in [1.54, 1.807) is 58.6 Å². The Bertz CT molecular complexity index is 1410. The zero-order chi connectivity index (χ0) is 22.7. The number of hydrogen-bond acceptors (Lipinski definition) is 4. The number of aryl methyl sites for hydroxylation is 1. The van der Waals surface area contributed by atoms with E-state index in [0.29, 0.717) is 22.9 Å². The second kappa shape index (κ2) is 9.33. The van der Waals surface area contributed by atoms with Crippen molar-refractivity contribution in [3.8, 4) is 0 Å². The van der Waals surface area contributed by atoms with Gasteiger partial charge in [-0.3, -0.25) is 23.9 Å². The number of nitrogens with one attached hydrogen (secondary N) is 1. The number of para-hydroxylation sites is 1. The molecular formula is C24H20BrN3O4. The third-order valence-electron chi connectivity index (χ3n) is 5.35. The molecule has 0 fully saturated rings. The number of halogens is 1. The predicted molar refractivity (Wildman–Crippen MR) is 125 cm³/mol. The largest absolute Gasteiger partial charge is 0.331 e. The molecule has 32 heavy (non-hydrogen) atoms. The van der Waals surface area contributed by atoms with E-state index in [1.807, 2.05) is 24.3 Å². The van der Waals surface area contributed by atoms with Crippen LogP contribution in [0.15, 0.2) is 86.9 Å². The Labute approximate surface area is 191 Å². The van der Waals surface area contributed by atoms with E-state index >= 15 is 0 Å². The maximum atomic E-state index is 13.4. The molecule has 8 heteroatoms. The van der Waals surface area contributed by atoms with Gasteiger partial charge in [0.05, 0.1) is 17.4 Å². The summed E-state index contributed by atoms with van der Waals surface area (Å²) in [5, 5.41) is 9.24. The van der Waals surface area contributed by atoms with Crippen molar-refractivity contribution in [2.45, 2.75) is 19.5 Å². The molecule has 0 aliphatic rings. The van der Waals surface area contributed by atoms with E-state index in [-0.39, 0.29) is 18.6 Å². The van der Waals surface area contributed by atoms with Crippen LogP contribution in [0.25, 0.3) is 10.9 Å². The zero-order valence-electron chi connectivity index (χ0n) is 17.0. The highest BCUT2D eigenvalue weighted by molar-refractivity contribution is 9.10. The Morgan fingerprint density at radius 3 is 2.31 bits per heavy atom. The predicted octanol–water partition coefficient (Wildman–Crippen LogP) is 3.34. The normalized spacial score (nSPS) is 10.9. The van der Waals surface area contributed by atoms with Crippen molar-refractivity contribution in [2.24, 2.45) is 0 Å². The molecule has 0 aliphatic heterocycles. The maximum Gasteiger partial charge on any atom is 0.331 e. The molecule has 7 nitrogen and oxygen atoms in total. The van der Waals surface area contributed by atoms with Crippen LogP contribution in [0.4, 0.5) is 0 Å². The molecule has 162 valence electrons. The van der Waals surface area contributed by atoms with Crippen molar-refractivity contribution in [1.82, 2.24) is 14.6 Å². The molecule has 0 atom stereocenters. The molecule has 1 aromatic heterocycles. The molecule has 4 rings (SSSR count). The molecule has 0 saturated carbocycles. The smallest absolute Gasteiger partial charge is 0.289 e. The number of nitrogens with zero attached hydrogens (tertiary/aromatic N) is 2. The fourth-order valence-corrected chi connectivity index (χ4v) is 4.15. The number of hydroxylamine groups is 1. The van der Waals surface area contributed by atoms with Crippen molar-refractivity contribution < 1.29 is 10.0 Å². The van der Waals surface area contributed by atoms with E-state index in [9.17, 15) is 14.4 Å². The monoisotopic (exact) mass is 493 g/mol. The summed E-state index contributed by atoms with van der Waals surface area (Å²) in [7, 11) is 0. The van der Waals surface area contributed by atoms with Crippen molar-refractivity contribution in [1.29, 1.82) is 0 Å². The van der Waals surface area contributed by atoms with Gasteiger partial charge in [0.15, 0.2) is 0 Å². The van der Waals surface area contributed by atoms with Gasteiger partial charge < -0.3 is 0 Å². The highest BCUT2D eigenvalue weighted by Gasteiger charge is 2.14. The molecule has 4 aromatic rings. The van der Waals surface area contributed by atoms with E-state index in [0.717, 1.165) is 15.6 Å². The zero-order valence-corrected chi connectivity index (χ0v) is 18.6. The minimum Gasteiger partial charge on any atom is -0.289 e. The number of carbonyl (C=O) groups is 1. The molecule has 1 amide bonds. The molecule has 0 spiro atoms. The van der Waals surface area contributed by atoms with Gasteiger partial charge in [0.2, 0.25) is 0 Å². The van der Waals surface area contributed by atoms with Gasteiger partial charge in [-0.05, 0) is 47.9 Å². The topological polar surface area (TPSA) is 93.3 Å². The molecule has 0 saturated heterocycles. The van der Waals surface area contributed by atoms with Crippen LogP contribution in [0.2, 0.25) is 0 Å². The van der Waals surface area contributed by atoms with Crippen molar-refractivity contribution >= 4 is 32.7 Å². The summed E-state index contributed by atoms with van der Waals surface area (Å²) in [4.78, 5) is 38.0. The van der Waals surface area contributed by atoms with Crippen molar-refractivity contribution in [2.75, 3.05) is 0 Å². The summed E-state index contributed by atoms with van der Waals surface area (Å²) in [6, 6.07) is 21.3. The van der Waals surface area contributed by atoms with E-state index in [1.165, 1.54) is 4.57 Å². The summed E-state index contributed by atoms with van der Waals surface area (Å²) in [5.74, 6) is -0.611. The molecule has 2 N–H and O–H groups in total. The number of hydrogen-bond donors (Lipinski definition) is 2. The highest BCUT2D eigenvalue weighted by Crippen LogP contribution is 2.17. The highest BCUT2D eigenvalue weighted by atomic mass is 79.9. The number of carbonyl (C=O) groups excluding carboxylic acids is 1. The summed E-state index contributed by atoms with van der Waals surface area (Å²) in [6.45, 7) is 0.483. The number of rotatable bonds is 6. The minimum absolute atomic E-state index is 0.232. The molecule has 0 unspecified atom stereocenters. The average molecular weight is 494 g/mol. The molecule has 3 aromatic carbocycles. The fraction of sp³-hybridized carbons (Fsp3) is 0.125. The Morgan fingerprint density at radius 1 is 0.906 bits per heavy atom. The Balaban J connectivity index is 1.75. The summed E-state index contributed by atoms with van der Waals surface area (Å²) in [5.41, 5.74) is 3.53. The lowest BCUT2D eigenvalue weighted by atomic mass is 10.1.